The van der Waals surface area contributed by atoms with Crippen LogP contribution < -0.4 is 10.2 Å². The van der Waals surface area contributed by atoms with Crippen molar-refractivity contribution in [2.24, 2.45) is 0 Å². The molecule has 2 amide bonds. The van der Waals surface area contributed by atoms with Crippen molar-refractivity contribution in [3.05, 3.63) is 77.4 Å². The summed E-state index contributed by atoms with van der Waals surface area (Å²) in [4.78, 5) is 29.9. The van der Waals surface area contributed by atoms with E-state index < -0.39 is 0 Å². The average Bonchev–Trinajstić information content (AvgIpc) is 3.29. The van der Waals surface area contributed by atoms with Crippen LogP contribution in [0.2, 0.25) is 0 Å². The molecule has 1 aliphatic carbocycles. The number of hydrogen-bond acceptors (Lipinski definition) is 4. The third kappa shape index (κ3) is 5.06. The van der Waals surface area contributed by atoms with Gasteiger partial charge in [0, 0.05) is 56.1 Å². The van der Waals surface area contributed by atoms with E-state index in [4.69, 9.17) is 0 Å². The lowest BCUT2D eigenvalue weighted by Gasteiger charge is -2.36. The summed E-state index contributed by atoms with van der Waals surface area (Å²) in [7, 11) is 0. The van der Waals surface area contributed by atoms with E-state index in [9.17, 15) is 14.0 Å². The lowest BCUT2D eigenvalue weighted by Crippen LogP contribution is -2.49. The van der Waals surface area contributed by atoms with Crippen LogP contribution in [0.4, 0.5) is 10.1 Å². The number of nitrogens with one attached hydrogen (secondary N) is 1. The van der Waals surface area contributed by atoms with Gasteiger partial charge in [-0.1, -0.05) is 18.2 Å². The second kappa shape index (κ2) is 10.3. The SMILES string of the molecule is O=C(NCCC(=O)N1CCN(c2ccccc2)CC1)c1nn(-c2ccc(F)cc2)c2c1CCCC2. The summed E-state index contributed by atoms with van der Waals surface area (Å²) in [6, 6.07) is 16.4. The molecule has 1 N–H and O–H groups in total. The van der Waals surface area contributed by atoms with Crippen LogP contribution >= 0.6 is 0 Å². The zero-order chi connectivity index (χ0) is 24.2. The van der Waals surface area contributed by atoms with Crippen LogP contribution in [-0.4, -0.2) is 59.2 Å². The molecule has 182 valence electrons. The Kier molecular flexibility index (Phi) is 6.79. The monoisotopic (exact) mass is 475 g/mol. The van der Waals surface area contributed by atoms with Gasteiger partial charge in [0.2, 0.25) is 5.91 Å². The van der Waals surface area contributed by atoms with E-state index in [0.717, 1.165) is 55.7 Å². The van der Waals surface area contributed by atoms with Gasteiger partial charge in [-0.05, 0) is 62.1 Å². The van der Waals surface area contributed by atoms with Gasteiger partial charge in [-0.3, -0.25) is 9.59 Å². The number of carbonyl (C=O) groups excluding carboxylic acids is 2. The molecule has 0 atom stereocenters. The Balaban J connectivity index is 1.17. The van der Waals surface area contributed by atoms with Crippen molar-refractivity contribution in [1.82, 2.24) is 20.0 Å². The van der Waals surface area contributed by atoms with E-state index in [0.29, 0.717) is 18.8 Å². The fourth-order valence-corrected chi connectivity index (χ4v) is 4.95. The number of amides is 2. The minimum atomic E-state index is -0.307. The van der Waals surface area contributed by atoms with Gasteiger partial charge in [-0.2, -0.15) is 5.10 Å². The molecule has 1 aliphatic heterocycles. The third-order valence-electron chi connectivity index (χ3n) is 6.84. The number of carbonyl (C=O) groups is 2. The number of para-hydroxylation sites is 1. The Bertz CT molecular complexity index is 1180. The van der Waals surface area contributed by atoms with Crippen LogP contribution in [-0.2, 0) is 17.6 Å². The molecule has 1 fully saturated rings. The Morgan fingerprint density at radius 1 is 0.886 bits per heavy atom. The smallest absolute Gasteiger partial charge is 0.272 e. The molecule has 3 aromatic rings. The molecular weight excluding hydrogens is 445 g/mol. The molecule has 0 saturated carbocycles. The number of benzene rings is 2. The number of fused-ring (bicyclic) bond motifs is 1. The molecule has 0 spiro atoms. The Hall–Kier alpha value is -3.68. The lowest BCUT2D eigenvalue weighted by atomic mass is 9.95. The van der Waals surface area contributed by atoms with Gasteiger partial charge >= 0.3 is 0 Å². The van der Waals surface area contributed by atoms with E-state index in [1.54, 1.807) is 16.8 Å². The quantitative estimate of drug-likeness (QED) is 0.594. The lowest BCUT2D eigenvalue weighted by molar-refractivity contribution is -0.131. The van der Waals surface area contributed by atoms with E-state index in [-0.39, 0.29) is 30.6 Å². The van der Waals surface area contributed by atoms with Crippen molar-refractivity contribution in [3.63, 3.8) is 0 Å². The van der Waals surface area contributed by atoms with Crippen molar-refractivity contribution < 1.29 is 14.0 Å². The maximum atomic E-state index is 13.4. The summed E-state index contributed by atoms with van der Waals surface area (Å²) in [5.41, 5.74) is 4.30. The van der Waals surface area contributed by atoms with E-state index >= 15 is 0 Å². The first-order chi connectivity index (χ1) is 17.1. The minimum absolute atomic E-state index is 0.0527. The highest BCUT2D eigenvalue weighted by atomic mass is 19.1. The van der Waals surface area contributed by atoms with E-state index in [2.05, 4.69) is 27.4 Å². The molecular formula is C27H30FN5O2. The number of piperazine rings is 1. The second-order valence-corrected chi connectivity index (χ2v) is 9.08. The van der Waals surface area contributed by atoms with Gasteiger partial charge < -0.3 is 15.1 Å². The van der Waals surface area contributed by atoms with Crippen LogP contribution in [0.5, 0.6) is 0 Å². The van der Waals surface area contributed by atoms with Crippen LogP contribution in [0.15, 0.2) is 54.6 Å². The maximum Gasteiger partial charge on any atom is 0.272 e. The molecule has 2 heterocycles. The van der Waals surface area contributed by atoms with Gasteiger partial charge in [-0.25, -0.2) is 9.07 Å². The Morgan fingerprint density at radius 2 is 1.60 bits per heavy atom. The van der Waals surface area contributed by atoms with Crippen LogP contribution in [0, 0.1) is 5.82 Å². The first kappa shape index (κ1) is 23.1. The molecule has 1 aromatic heterocycles. The third-order valence-corrected chi connectivity index (χ3v) is 6.84. The largest absolute Gasteiger partial charge is 0.368 e. The summed E-state index contributed by atoms with van der Waals surface area (Å²) < 4.78 is 15.1. The number of hydrogen-bond donors (Lipinski definition) is 1. The second-order valence-electron chi connectivity index (χ2n) is 9.08. The predicted octanol–water partition coefficient (Wildman–Crippen LogP) is 3.36. The average molecular weight is 476 g/mol. The van der Waals surface area contributed by atoms with Crippen molar-refractivity contribution in [1.29, 1.82) is 0 Å². The van der Waals surface area contributed by atoms with Crippen molar-refractivity contribution >= 4 is 17.5 Å². The van der Waals surface area contributed by atoms with Crippen molar-refractivity contribution in [2.75, 3.05) is 37.6 Å². The highest BCUT2D eigenvalue weighted by Gasteiger charge is 2.26. The summed E-state index contributed by atoms with van der Waals surface area (Å²) in [5, 5.41) is 7.49. The summed E-state index contributed by atoms with van der Waals surface area (Å²) in [6.45, 7) is 3.23. The molecule has 5 rings (SSSR count). The molecule has 0 bridgehead atoms. The molecule has 0 unspecified atom stereocenters. The molecule has 35 heavy (non-hydrogen) atoms. The first-order valence-electron chi connectivity index (χ1n) is 12.3. The van der Waals surface area contributed by atoms with E-state index in [1.165, 1.54) is 17.8 Å². The molecule has 1 saturated heterocycles. The van der Waals surface area contributed by atoms with Crippen LogP contribution in [0.25, 0.3) is 5.69 Å². The highest BCUT2D eigenvalue weighted by Crippen LogP contribution is 2.27. The van der Waals surface area contributed by atoms with Gasteiger partial charge in [-0.15, -0.1) is 0 Å². The zero-order valence-corrected chi connectivity index (χ0v) is 19.8. The number of aromatic nitrogens is 2. The normalized spacial score (nSPS) is 15.6. The molecule has 7 nitrogen and oxygen atoms in total. The van der Waals surface area contributed by atoms with Gasteiger partial charge in [0.25, 0.3) is 5.91 Å². The molecule has 0 radical (unpaired) electrons. The topological polar surface area (TPSA) is 70.5 Å². The summed E-state index contributed by atoms with van der Waals surface area (Å²) in [6.07, 6.45) is 3.94. The first-order valence-corrected chi connectivity index (χ1v) is 12.3. The van der Waals surface area contributed by atoms with Gasteiger partial charge in [0.1, 0.15) is 5.82 Å². The fourth-order valence-electron chi connectivity index (χ4n) is 4.95. The van der Waals surface area contributed by atoms with Crippen molar-refractivity contribution in [3.8, 4) is 5.69 Å². The number of anilines is 1. The molecule has 2 aliphatic rings. The Labute approximate surface area is 204 Å². The Morgan fingerprint density at radius 3 is 2.34 bits per heavy atom. The van der Waals surface area contributed by atoms with Gasteiger partial charge in [0.05, 0.1) is 5.69 Å². The summed E-state index contributed by atoms with van der Waals surface area (Å²) >= 11 is 0. The number of nitrogens with zero attached hydrogens (tertiary/aromatic N) is 4. The zero-order valence-electron chi connectivity index (χ0n) is 19.8. The molecule has 8 heteroatoms. The van der Waals surface area contributed by atoms with Crippen LogP contribution in [0.3, 0.4) is 0 Å². The summed E-state index contributed by atoms with van der Waals surface area (Å²) in [5.74, 6) is -0.513. The highest BCUT2D eigenvalue weighted by molar-refractivity contribution is 5.94. The molecule has 2 aromatic carbocycles. The number of halogens is 1. The standard InChI is InChI=1S/C27H30FN5O2/c28-20-10-12-22(13-11-20)33-24-9-5-4-8-23(24)26(30-33)27(35)29-15-14-25(34)32-18-16-31(17-19-32)21-6-2-1-3-7-21/h1-3,6-7,10-13H,4-5,8-9,14-19H2,(H,29,35). The number of rotatable bonds is 6. The van der Waals surface area contributed by atoms with Gasteiger partial charge in [0.15, 0.2) is 5.69 Å². The fraction of sp³-hybridized carbons (Fsp3) is 0.370. The minimum Gasteiger partial charge on any atom is -0.368 e. The van der Waals surface area contributed by atoms with Crippen LogP contribution in [0.1, 0.15) is 41.0 Å². The van der Waals surface area contributed by atoms with Crippen molar-refractivity contribution in [2.45, 2.75) is 32.1 Å². The predicted molar refractivity (Wildman–Crippen MR) is 132 cm³/mol. The maximum absolute atomic E-state index is 13.4. The van der Waals surface area contributed by atoms with E-state index in [1.807, 2.05) is 23.1 Å².